The van der Waals surface area contributed by atoms with Crippen LogP contribution in [0.1, 0.15) is 49.1 Å². The highest BCUT2D eigenvalue weighted by Crippen LogP contribution is 2.40. The van der Waals surface area contributed by atoms with Gasteiger partial charge in [-0.1, -0.05) is 116 Å². The Morgan fingerprint density at radius 2 is 1.18 bits per heavy atom. The summed E-state index contributed by atoms with van der Waals surface area (Å²) in [5, 5.41) is 8.49. The van der Waals surface area contributed by atoms with E-state index in [1.807, 2.05) is 6.07 Å². The second kappa shape index (κ2) is 15.3. The highest BCUT2D eigenvalue weighted by molar-refractivity contribution is 6.02. The molecule has 0 aliphatic carbocycles. The zero-order valence-electron chi connectivity index (χ0n) is 29.2. The van der Waals surface area contributed by atoms with E-state index in [1.165, 1.54) is 28.1 Å². The van der Waals surface area contributed by atoms with Gasteiger partial charge in [-0.2, -0.15) is 5.10 Å². The van der Waals surface area contributed by atoms with Gasteiger partial charge in [0.05, 0.1) is 17.3 Å². The Hall–Kier alpha value is -5.68. The minimum absolute atomic E-state index is 0.000832. The van der Waals surface area contributed by atoms with Crippen molar-refractivity contribution in [2.24, 2.45) is 11.0 Å². The Kier molecular flexibility index (Phi) is 10.0. The molecular formula is C45H45N5. The molecule has 50 heavy (non-hydrogen) atoms. The van der Waals surface area contributed by atoms with E-state index in [4.69, 9.17) is 10.1 Å². The molecule has 5 heteroatoms. The molecule has 250 valence electrons. The number of anilines is 3. The lowest BCUT2D eigenvalue weighted by Gasteiger charge is -2.28. The number of benzene rings is 5. The van der Waals surface area contributed by atoms with Gasteiger partial charge in [0.1, 0.15) is 5.82 Å². The maximum atomic E-state index is 5.24. The Balaban J connectivity index is 1.20. The molecule has 5 nitrogen and oxygen atoms in total. The number of pyridine rings is 1. The predicted octanol–water partition coefficient (Wildman–Crippen LogP) is 10.6. The number of hydrazone groups is 1. The molecular weight excluding hydrogens is 611 g/mol. The van der Waals surface area contributed by atoms with E-state index < -0.39 is 0 Å². The van der Waals surface area contributed by atoms with Gasteiger partial charge in [0.15, 0.2) is 0 Å². The van der Waals surface area contributed by atoms with Gasteiger partial charge in [-0.3, -0.25) is 0 Å². The van der Waals surface area contributed by atoms with E-state index in [0.29, 0.717) is 0 Å². The molecule has 0 spiro atoms. The molecule has 0 saturated heterocycles. The molecule has 6 aromatic rings. The van der Waals surface area contributed by atoms with Crippen LogP contribution in [0.5, 0.6) is 0 Å². The number of rotatable bonds is 12. The first kappa shape index (κ1) is 32.8. The molecule has 0 fully saturated rings. The van der Waals surface area contributed by atoms with Gasteiger partial charge in [-0.25, -0.2) is 9.99 Å². The quantitative estimate of drug-likeness (QED) is 0.131. The first-order valence-electron chi connectivity index (χ1n) is 17.8. The fourth-order valence-electron chi connectivity index (χ4n) is 6.94. The lowest BCUT2D eigenvalue weighted by Crippen LogP contribution is -2.25. The van der Waals surface area contributed by atoms with Gasteiger partial charge >= 0.3 is 0 Å². The number of nitrogens with zero attached hydrogens (tertiary/aromatic N) is 5. The number of fused-ring (bicyclic) bond motifs is 1. The van der Waals surface area contributed by atoms with Crippen LogP contribution in [-0.2, 0) is 13.1 Å². The van der Waals surface area contributed by atoms with Gasteiger partial charge in [0.2, 0.25) is 0 Å². The fraction of sp³-hybridized carbons (Fsp3) is 0.200. The number of aromatic nitrogens is 1. The third-order valence-corrected chi connectivity index (χ3v) is 9.75. The molecule has 0 radical (unpaired) electrons. The van der Waals surface area contributed by atoms with Gasteiger partial charge in [0, 0.05) is 48.9 Å². The highest BCUT2D eigenvalue weighted by Gasteiger charge is 2.36. The topological polar surface area (TPSA) is 35.0 Å². The number of hydrogen-bond donors (Lipinski definition) is 0. The third kappa shape index (κ3) is 7.32. The summed E-state index contributed by atoms with van der Waals surface area (Å²) in [5.41, 5.74) is 9.41. The molecule has 0 N–H and O–H groups in total. The van der Waals surface area contributed by atoms with Crippen molar-refractivity contribution in [1.29, 1.82) is 0 Å². The van der Waals surface area contributed by atoms with Gasteiger partial charge < -0.3 is 9.80 Å². The Bertz CT molecular complexity index is 2010. The van der Waals surface area contributed by atoms with Crippen molar-refractivity contribution in [2.45, 2.75) is 39.9 Å². The van der Waals surface area contributed by atoms with Crippen molar-refractivity contribution >= 4 is 39.9 Å². The number of hydrogen-bond acceptors (Lipinski definition) is 5. The Morgan fingerprint density at radius 3 is 1.82 bits per heavy atom. The van der Waals surface area contributed by atoms with Crippen LogP contribution in [0, 0.1) is 5.92 Å². The molecule has 2 unspecified atom stereocenters. The summed E-state index contributed by atoms with van der Waals surface area (Å²) >= 11 is 0. The summed E-state index contributed by atoms with van der Waals surface area (Å²) < 4.78 is 0. The number of allylic oxidation sites excluding steroid dienone is 1. The van der Waals surface area contributed by atoms with Crippen molar-refractivity contribution in [2.75, 3.05) is 27.9 Å². The van der Waals surface area contributed by atoms with E-state index in [0.717, 1.165) is 54.2 Å². The SMILES string of the molecule is CCN(CC)c1ccc(C=CC2=NN(c3ccc4ccccc4n3)C(c3ccc(N(Cc4ccccc4)Cc4ccccc4)cc3)C2C)cc1. The lowest BCUT2D eigenvalue weighted by molar-refractivity contribution is 0.585. The normalized spacial score (nSPS) is 15.8. The van der Waals surface area contributed by atoms with Crippen LogP contribution in [-0.4, -0.2) is 23.8 Å². The van der Waals surface area contributed by atoms with Gasteiger partial charge in [-0.15, -0.1) is 0 Å². The largest absolute Gasteiger partial charge is 0.372 e. The standard InChI is InChI=1S/C45H45N5/c1-4-48(5-2)40-26-20-35(21-27-40)22-30-42-34(3)45(50(47-42)44-31-25-38-18-12-13-19-43(38)46-44)39-23-28-41(29-24-39)49(32-36-14-8-6-9-15-36)33-37-16-10-7-11-17-37/h6-31,34,45H,4-5,32-33H2,1-3H3. The molecule has 1 aliphatic rings. The lowest BCUT2D eigenvalue weighted by atomic mass is 9.91. The monoisotopic (exact) mass is 655 g/mol. The number of para-hydroxylation sites is 1. The van der Waals surface area contributed by atoms with Crippen LogP contribution in [0.4, 0.5) is 17.2 Å². The maximum absolute atomic E-state index is 5.24. The van der Waals surface area contributed by atoms with Crippen molar-refractivity contribution in [3.63, 3.8) is 0 Å². The molecule has 2 heterocycles. The van der Waals surface area contributed by atoms with Crippen LogP contribution in [0.25, 0.3) is 17.0 Å². The average molecular weight is 656 g/mol. The molecule has 2 atom stereocenters. The van der Waals surface area contributed by atoms with Crippen LogP contribution in [0.15, 0.2) is 157 Å². The molecule has 1 aromatic heterocycles. The summed E-state index contributed by atoms with van der Waals surface area (Å²) in [6, 6.07) is 51.8. The first-order chi connectivity index (χ1) is 24.6. The summed E-state index contributed by atoms with van der Waals surface area (Å²) in [6.07, 6.45) is 4.37. The van der Waals surface area contributed by atoms with Gasteiger partial charge in [-0.05, 0) is 84.6 Å². The van der Waals surface area contributed by atoms with E-state index >= 15 is 0 Å². The third-order valence-electron chi connectivity index (χ3n) is 9.75. The summed E-state index contributed by atoms with van der Waals surface area (Å²) in [4.78, 5) is 9.90. The second-order valence-electron chi connectivity index (χ2n) is 13.0. The molecule has 1 aliphatic heterocycles. The first-order valence-corrected chi connectivity index (χ1v) is 17.8. The molecule has 0 saturated carbocycles. The minimum Gasteiger partial charge on any atom is -0.372 e. The summed E-state index contributed by atoms with van der Waals surface area (Å²) in [7, 11) is 0. The van der Waals surface area contributed by atoms with Crippen LogP contribution >= 0.6 is 0 Å². The maximum Gasteiger partial charge on any atom is 0.150 e. The molecule has 7 rings (SSSR count). The Labute approximate surface area is 296 Å². The molecule has 5 aromatic carbocycles. The van der Waals surface area contributed by atoms with Crippen LogP contribution in [0.2, 0.25) is 0 Å². The van der Waals surface area contributed by atoms with Crippen LogP contribution in [0.3, 0.4) is 0 Å². The summed E-state index contributed by atoms with van der Waals surface area (Å²) in [5.74, 6) is 0.997. The molecule has 0 amide bonds. The van der Waals surface area contributed by atoms with Crippen molar-refractivity contribution in [3.05, 3.63) is 174 Å². The highest BCUT2D eigenvalue weighted by atomic mass is 15.5. The van der Waals surface area contributed by atoms with E-state index in [9.17, 15) is 0 Å². The predicted molar refractivity (Wildman–Crippen MR) is 212 cm³/mol. The van der Waals surface area contributed by atoms with E-state index in [-0.39, 0.29) is 12.0 Å². The van der Waals surface area contributed by atoms with Gasteiger partial charge in [0.25, 0.3) is 0 Å². The smallest absolute Gasteiger partial charge is 0.150 e. The van der Waals surface area contributed by atoms with Crippen molar-refractivity contribution in [1.82, 2.24) is 4.98 Å². The van der Waals surface area contributed by atoms with Crippen molar-refractivity contribution in [3.8, 4) is 0 Å². The Morgan fingerprint density at radius 1 is 0.600 bits per heavy atom. The fourth-order valence-corrected chi connectivity index (χ4v) is 6.94. The van der Waals surface area contributed by atoms with E-state index in [1.54, 1.807) is 0 Å². The second-order valence-corrected chi connectivity index (χ2v) is 13.0. The summed E-state index contributed by atoms with van der Waals surface area (Å²) in [6.45, 7) is 10.3. The molecule has 0 bridgehead atoms. The van der Waals surface area contributed by atoms with Crippen molar-refractivity contribution < 1.29 is 0 Å². The zero-order chi connectivity index (χ0) is 34.3. The van der Waals surface area contributed by atoms with Crippen LogP contribution < -0.4 is 14.8 Å². The zero-order valence-corrected chi connectivity index (χ0v) is 29.2. The minimum atomic E-state index is -0.000832. The average Bonchev–Trinajstić information content (AvgIpc) is 3.51. The van der Waals surface area contributed by atoms with E-state index in [2.05, 4.69) is 187 Å².